The Morgan fingerprint density at radius 3 is 2.88 bits per heavy atom. The van der Waals surface area contributed by atoms with Crippen LogP contribution in [-0.2, 0) is 9.47 Å². The van der Waals surface area contributed by atoms with E-state index < -0.39 is 0 Å². The summed E-state index contributed by atoms with van der Waals surface area (Å²) in [7, 11) is 0. The summed E-state index contributed by atoms with van der Waals surface area (Å²) < 4.78 is 11.2. The summed E-state index contributed by atoms with van der Waals surface area (Å²) in [6, 6.07) is 0. The Labute approximate surface area is 98.2 Å². The summed E-state index contributed by atoms with van der Waals surface area (Å²) in [4.78, 5) is 0. The highest BCUT2D eigenvalue weighted by molar-refractivity contribution is 4.82. The molecule has 0 spiro atoms. The van der Waals surface area contributed by atoms with Crippen LogP contribution in [-0.4, -0.2) is 31.9 Å². The zero-order valence-corrected chi connectivity index (χ0v) is 9.99. The Kier molecular flexibility index (Phi) is 5.16. The highest BCUT2D eigenvalue weighted by atomic mass is 16.5. The van der Waals surface area contributed by atoms with Gasteiger partial charge in [-0.15, -0.1) is 0 Å². The number of hydrogen-bond donors (Lipinski definition) is 1. The molecule has 1 fully saturated rings. The first-order valence-electron chi connectivity index (χ1n) is 6.58. The lowest BCUT2D eigenvalue weighted by atomic mass is 10.1. The van der Waals surface area contributed by atoms with E-state index in [-0.39, 0.29) is 0 Å². The van der Waals surface area contributed by atoms with Gasteiger partial charge < -0.3 is 14.8 Å². The van der Waals surface area contributed by atoms with Gasteiger partial charge in [-0.1, -0.05) is 12.8 Å². The van der Waals surface area contributed by atoms with Gasteiger partial charge in [0, 0.05) is 13.1 Å². The highest BCUT2D eigenvalue weighted by Gasteiger charge is 2.15. The Bertz CT molecular complexity index is 212. The fourth-order valence-corrected chi connectivity index (χ4v) is 2.35. The van der Waals surface area contributed by atoms with Crippen molar-refractivity contribution in [3.05, 3.63) is 12.3 Å². The molecule has 0 aromatic heterocycles. The van der Waals surface area contributed by atoms with E-state index in [9.17, 15) is 0 Å². The second-order valence-electron chi connectivity index (χ2n) is 4.69. The van der Waals surface area contributed by atoms with Crippen LogP contribution in [0.1, 0.15) is 38.5 Å². The molecule has 3 nitrogen and oxygen atoms in total. The van der Waals surface area contributed by atoms with Crippen molar-refractivity contribution in [1.29, 1.82) is 0 Å². The fourth-order valence-electron chi connectivity index (χ4n) is 2.35. The molecule has 16 heavy (non-hydrogen) atoms. The molecule has 1 aliphatic heterocycles. The second kappa shape index (κ2) is 6.92. The minimum Gasteiger partial charge on any atom is -0.497 e. The molecule has 1 N–H and O–H groups in total. The quantitative estimate of drug-likeness (QED) is 0.703. The van der Waals surface area contributed by atoms with E-state index in [2.05, 4.69) is 11.4 Å². The normalized spacial score (nSPS) is 25.9. The van der Waals surface area contributed by atoms with Crippen LogP contribution in [0.3, 0.4) is 0 Å². The molecule has 2 aliphatic rings. The first-order valence-corrected chi connectivity index (χ1v) is 6.58. The third-order valence-corrected chi connectivity index (χ3v) is 3.33. The Morgan fingerprint density at radius 1 is 1.25 bits per heavy atom. The summed E-state index contributed by atoms with van der Waals surface area (Å²) in [5.74, 6) is 0. The molecular formula is C13H23NO2. The average molecular weight is 225 g/mol. The van der Waals surface area contributed by atoms with Crippen molar-refractivity contribution in [1.82, 2.24) is 5.32 Å². The standard InChI is InChI=1S/C13H23NO2/c1-2-6-12(5-1)16-10-8-14-11-13-7-3-4-9-15-13/h4,9,12-14H,1-3,5-8,10-11H2. The molecule has 0 saturated heterocycles. The summed E-state index contributed by atoms with van der Waals surface area (Å²) >= 11 is 0. The third-order valence-electron chi connectivity index (χ3n) is 3.33. The molecule has 1 heterocycles. The van der Waals surface area contributed by atoms with Gasteiger partial charge in [0.2, 0.25) is 0 Å². The van der Waals surface area contributed by atoms with Crippen molar-refractivity contribution < 1.29 is 9.47 Å². The van der Waals surface area contributed by atoms with Crippen LogP contribution >= 0.6 is 0 Å². The Morgan fingerprint density at radius 2 is 2.12 bits per heavy atom. The second-order valence-corrected chi connectivity index (χ2v) is 4.69. The molecule has 0 aromatic carbocycles. The van der Waals surface area contributed by atoms with E-state index >= 15 is 0 Å². The van der Waals surface area contributed by atoms with Crippen LogP contribution in [0.2, 0.25) is 0 Å². The highest BCUT2D eigenvalue weighted by Crippen LogP contribution is 2.20. The van der Waals surface area contributed by atoms with Gasteiger partial charge in [-0.3, -0.25) is 0 Å². The van der Waals surface area contributed by atoms with Crippen LogP contribution in [0.25, 0.3) is 0 Å². The van der Waals surface area contributed by atoms with Gasteiger partial charge in [-0.05, 0) is 31.8 Å². The Hall–Kier alpha value is -0.540. The van der Waals surface area contributed by atoms with E-state index in [0.717, 1.165) is 32.5 Å². The Balaban J connectivity index is 1.44. The van der Waals surface area contributed by atoms with E-state index in [1.165, 1.54) is 25.7 Å². The smallest absolute Gasteiger partial charge is 0.110 e. The molecule has 2 rings (SSSR count). The van der Waals surface area contributed by atoms with Gasteiger partial charge in [0.1, 0.15) is 6.10 Å². The van der Waals surface area contributed by atoms with Crippen molar-refractivity contribution in [3.63, 3.8) is 0 Å². The molecule has 1 atom stereocenters. The van der Waals surface area contributed by atoms with Gasteiger partial charge in [0.05, 0.1) is 19.0 Å². The summed E-state index contributed by atoms with van der Waals surface area (Å²) in [5.41, 5.74) is 0. The third kappa shape index (κ3) is 4.14. The molecule has 0 radical (unpaired) electrons. The van der Waals surface area contributed by atoms with Crippen molar-refractivity contribution in [2.75, 3.05) is 19.7 Å². The lowest BCUT2D eigenvalue weighted by Gasteiger charge is -2.20. The largest absolute Gasteiger partial charge is 0.497 e. The summed E-state index contributed by atoms with van der Waals surface area (Å²) in [6.45, 7) is 2.73. The maximum absolute atomic E-state index is 5.78. The minimum atomic E-state index is 0.358. The summed E-state index contributed by atoms with van der Waals surface area (Å²) in [6.07, 6.45) is 12.3. The van der Waals surface area contributed by atoms with Gasteiger partial charge in [-0.25, -0.2) is 0 Å². The maximum atomic E-state index is 5.78. The van der Waals surface area contributed by atoms with Crippen molar-refractivity contribution in [2.24, 2.45) is 0 Å². The first-order chi connectivity index (χ1) is 7.95. The fraction of sp³-hybridized carbons (Fsp3) is 0.846. The van der Waals surface area contributed by atoms with Crippen LogP contribution in [0.5, 0.6) is 0 Å². The lowest BCUT2D eigenvalue weighted by Crippen LogP contribution is -2.31. The molecule has 92 valence electrons. The molecule has 3 heteroatoms. The van der Waals surface area contributed by atoms with Gasteiger partial charge in [-0.2, -0.15) is 0 Å². The minimum absolute atomic E-state index is 0.358. The number of nitrogens with one attached hydrogen (secondary N) is 1. The van der Waals surface area contributed by atoms with E-state index in [1.807, 2.05) is 6.26 Å². The monoisotopic (exact) mass is 225 g/mol. The SMILES string of the molecule is C1=COC(CNCCOC2CCCC2)CC1. The number of rotatable bonds is 6. The van der Waals surface area contributed by atoms with Crippen LogP contribution in [0.4, 0.5) is 0 Å². The van der Waals surface area contributed by atoms with Crippen molar-refractivity contribution >= 4 is 0 Å². The molecule has 1 unspecified atom stereocenters. The molecule has 1 aliphatic carbocycles. The summed E-state index contributed by atoms with van der Waals surface area (Å²) in [5, 5.41) is 3.40. The van der Waals surface area contributed by atoms with Gasteiger partial charge in [0.25, 0.3) is 0 Å². The zero-order chi connectivity index (χ0) is 11.1. The number of hydrogen-bond acceptors (Lipinski definition) is 3. The maximum Gasteiger partial charge on any atom is 0.110 e. The molecule has 1 saturated carbocycles. The molecule has 0 bridgehead atoms. The predicted molar refractivity (Wildman–Crippen MR) is 64.3 cm³/mol. The van der Waals surface area contributed by atoms with Crippen molar-refractivity contribution in [3.8, 4) is 0 Å². The zero-order valence-electron chi connectivity index (χ0n) is 9.99. The van der Waals surface area contributed by atoms with E-state index in [4.69, 9.17) is 9.47 Å². The predicted octanol–water partition coefficient (Wildman–Crippen LogP) is 2.23. The topological polar surface area (TPSA) is 30.5 Å². The average Bonchev–Trinajstić information content (AvgIpc) is 2.83. The molecule has 0 aromatic rings. The lowest BCUT2D eigenvalue weighted by molar-refractivity contribution is 0.0571. The van der Waals surface area contributed by atoms with E-state index in [0.29, 0.717) is 12.2 Å². The number of ether oxygens (including phenoxy) is 2. The van der Waals surface area contributed by atoms with Crippen LogP contribution < -0.4 is 5.32 Å². The van der Waals surface area contributed by atoms with Crippen LogP contribution in [0, 0.1) is 0 Å². The first kappa shape index (κ1) is 11.9. The van der Waals surface area contributed by atoms with Gasteiger partial charge in [0.15, 0.2) is 0 Å². The van der Waals surface area contributed by atoms with Crippen LogP contribution in [0.15, 0.2) is 12.3 Å². The molecule has 0 amide bonds. The van der Waals surface area contributed by atoms with E-state index in [1.54, 1.807) is 0 Å². The van der Waals surface area contributed by atoms with Gasteiger partial charge >= 0.3 is 0 Å². The molecular weight excluding hydrogens is 202 g/mol. The number of allylic oxidation sites excluding steroid dienone is 1. The van der Waals surface area contributed by atoms with Crippen molar-refractivity contribution in [2.45, 2.75) is 50.7 Å².